The van der Waals surface area contributed by atoms with Gasteiger partial charge in [0.05, 0.1) is 33.4 Å². The number of methoxy groups -OCH3 is 1. The predicted molar refractivity (Wildman–Crippen MR) is 95.6 cm³/mol. The number of aromatic amines is 1. The Labute approximate surface area is 151 Å². The van der Waals surface area contributed by atoms with Gasteiger partial charge in [0.25, 0.3) is 0 Å². The molecule has 1 atom stereocenters. The fourth-order valence-corrected chi connectivity index (χ4v) is 3.86. The van der Waals surface area contributed by atoms with Crippen molar-refractivity contribution in [3.05, 3.63) is 35.5 Å². The van der Waals surface area contributed by atoms with Crippen LogP contribution in [0.5, 0.6) is 0 Å². The van der Waals surface area contributed by atoms with E-state index in [1.54, 1.807) is 4.90 Å². The average molecular weight is 357 g/mol. The van der Waals surface area contributed by atoms with E-state index in [0.29, 0.717) is 32.7 Å². The van der Waals surface area contributed by atoms with Gasteiger partial charge in [-0.2, -0.15) is 0 Å². The van der Waals surface area contributed by atoms with Crippen molar-refractivity contribution in [1.82, 2.24) is 14.8 Å². The molecule has 7 heteroatoms. The molecule has 1 aromatic carbocycles. The molecule has 0 spiro atoms. The predicted octanol–water partition coefficient (Wildman–Crippen LogP) is 0.926. The number of carbonyl (C=O) groups is 2. The summed E-state index contributed by atoms with van der Waals surface area (Å²) < 4.78 is 10.3. The van der Waals surface area contributed by atoms with E-state index in [9.17, 15) is 9.59 Å². The van der Waals surface area contributed by atoms with Crippen molar-refractivity contribution in [1.29, 1.82) is 0 Å². The largest absolute Gasteiger partial charge is 0.467 e. The monoisotopic (exact) mass is 357 g/mol. The molecule has 0 bridgehead atoms. The Morgan fingerprint density at radius 1 is 1.27 bits per heavy atom. The Morgan fingerprint density at radius 2 is 2.04 bits per heavy atom. The summed E-state index contributed by atoms with van der Waals surface area (Å²) in [5.41, 5.74) is 3.14. The first-order chi connectivity index (χ1) is 12.7. The third-order valence-electron chi connectivity index (χ3n) is 5.26. The SMILES string of the molecule is COC(=O)[C@@H]1Cc2c([nH]c3ccccc23)CN1C(=O)CN1CCOCC1. The average Bonchev–Trinajstić information content (AvgIpc) is 3.04. The highest BCUT2D eigenvalue weighted by atomic mass is 16.5. The molecule has 0 aliphatic carbocycles. The maximum absolute atomic E-state index is 12.9. The molecular weight excluding hydrogens is 334 g/mol. The van der Waals surface area contributed by atoms with Gasteiger partial charge in [0.2, 0.25) is 5.91 Å². The van der Waals surface area contributed by atoms with Crippen molar-refractivity contribution >= 4 is 22.8 Å². The summed E-state index contributed by atoms with van der Waals surface area (Å²) in [6.45, 7) is 3.44. The number of hydrogen-bond acceptors (Lipinski definition) is 5. The number of aromatic nitrogens is 1. The molecule has 2 aliphatic heterocycles. The van der Waals surface area contributed by atoms with Gasteiger partial charge in [-0.1, -0.05) is 18.2 Å². The summed E-state index contributed by atoms with van der Waals surface area (Å²) in [6.07, 6.45) is 0.473. The lowest BCUT2D eigenvalue weighted by Gasteiger charge is -2.36. The van der Waals surface area contributed by atoms with E-state index >= 15 is 0 Å². The van der Waals surface area contributed by atoms with E-state index in [1.807, 2.05) is 24.3 Å². The maximum Gasteiger partial charge on any atom is 0.328 e. The minimum Gasteiger partial charge on any atom is -0.467 e. The van der Waals surface area contributed by atoms with E-state index in [2.05, 4.69) is 9.88 Å². The van der Waals surface area contributed by atoms with Crippen LogP contribution in [0, 0.1) is 0 Å². The highest BCUT2D eigenvalue weighted by Crippen LogP contribution is 2.30. The van der Waals surface area contributed by atoms with Crippen molar-refractivity contribution in [2.75, 3.05) is 40.0 Å². The summed E-state index contributed by atoms with van der Waals surface area (Å²) in [5, 5.41) is 1.11. The van der Waals surface area contributed by atoms with Crippen molar-refractivity contribution in [2.45, 2.75) is 19.0 Å². The van der Waals surface area contributed by atoms with Gasteiger partial charge in [-0.25, -0.2) is 4.79 Å². The van der Waals surface area contributed by atoms with Crippen molar-refractivity contribution < 1.29 is 19.1 Å². The summed E-state index contributed by atoms with van der Waals surface area (Å²) >= 11 is 0. The van der Waals surface area contributed by atoms with Gasteiger partial charge < -0.3 is 19.4 Å². The molecule has 1 aromatic heterocycles. The van der Waals surface area contributed by atoms with Crippen LogP contribution in [0.25, 0.3) is 10.9 Å². The molecule has 4 rings (SSSR count). The summed E-state index contributed by atoms with van der Waals surface area (Å²) in [6, 6.07) is 7.44. The van der Waals surface area contributed by atoms with E-state index in [4.69, 9.17) is 9.47 Å². The fourth-order valence-electron chi connectivity index (χ4n) is 3.86. The molecule has 1 N–H and O–H groups in total. The number of fused-ring (bicyclic) bond motifs is 3. The Hall–Kier alpha value is -2.38. The second-order valence-electron chi connectivity index (χ2n) is 6.78. The lowest BCUT2D eigenvalue weighted by Crippen LogP contribution is -2.53. The molecule has 0 radical (unpaired) electrons. The summed E-state index contributed by atoms with van der Waals surface area (Å²) in [5.74, 6) is -0.414. The first kappa shape index (κ1) is 17.1. The molecular formula is C19H23N3O4. The first-order valence-corrected chi connectivity index (χ1v) is 8.93. The normalized spacial score (nSPS) is 20.8. The van der Waals surface area contributed by atoms with E-state index in [-0.39, 0.29) is 11.9 Å². The number of carbonyl (C=O) groups excluding carboxylic acids is 2. The van der Waals surface area contributed by atoms with Gasteiger partial charge in [0.1, 0.15) is 6.04 Å². The molecule has 7 nitrogen and oxygen atoms in total. The summed E-state index contributed by atoms with van der Waals surface area (Å²) in [7, 11) is 1.37. The zero-order valence-corrected chi connectivity index (χ0v) is 14.9. The number of nitrogens with zero attached hydrogens (tertiary/aromatic N) is 2. The van der Waals surface area contributed by atoms with Crippen molar-refractivity contribution in [2.24, 2.45) is 0 Å². The number of esters is 1. The smallest absolute Gasteiger partial charge is 0.328 e. The molecule has 0 unspecified atom stereocenters. The van der Waals surface area contributed by atoms with Gasteiger partial charge in [0, 0.05) is 36.1 Å². The third-order valence-corrected chi connectivity index (χ3v) is 5.26. The second-order valence-corrected chi connectivity index (χ2v) is 6.78. The molecule has 2 aliphatic rings. The van der Waals surface area contributed by atoms with E-state index < -0.39 is 6.04 Å². The Balaban J connectivity index is 1.61. The number of nitrogens with one attached hydrogen (secondary N) is 1. The van der Waals surface area contributed by atoms with Crippen LogP contribution >= 0.6 is 0 Å². The van der Waals surface area contributed by atoms with Crippen LogP contribution in [-0.4, -0.2) is 72.7 Å². The first-order valence-electron chi connectivity index (χ1n) is 8.93. The van der Waals surface area contributed by atoms with Crippen LogP contribution in [0.1, 0.15) is 11.3 Å². The number of hydrogen-bond donors (Lipinski definition) is 1. The lowest BCUT2D eigenvalue weighted by molar-refractivity contribution is -0.154. The molecule has 2 aromatic rings. The van der Waals surface area contributed by atoms with Crippen LogP contribution < -0.4 is 0 Å². The number of amides is 1. The number of para-hydroxylation sites is 1. The molecule has 1 amide bonds. The summed E-state index contributed by atoms with van der Waals surface area (Å²) in [4.78, 5) is 32.5. The highest BCUT2D eigenvalue weighted by Gasteiger charge is 2.37. The van der Waals surface area contributed by atoms with Gasteiger partial charge in [-0.3, -0.25) is 9.69 Å². The van der Waals surface area contributed by atoms with Crippen LogP contribution in [0.4, 0.5) is 0 Å². The molecule has 1 fully saturated rings. The van der Waals surface area contributed by atoms with Gasteiger partial charge in [-0.05, 0) is 11.6 Å². The second kappa shape index (κ2) is 7.09. The fraction of sp³-hybridized carbons (Fsp3) is 0.474. The number of H-pyrrole nitrogens is 1. The van der Waals surface area contributed by atoms with Gasteiger partial charge >= 0.3 is 5.97 Å². The molecule has 0 saturated carbocycles. The highest BCUT2D eigenvalue weighted by molar-refractivity contribution is 5.90. The molecule has 138 valence electrons. The van der Waals surface area contributed by atoms with Gasteiger partial charge in [0.15, 0.2) is 0 Å². The minimum absolute atomic E-state index is 0.0494. The lowest BCUT2D eigenvalue weighted by atomic mass is 9.96. The zero-order chi connectivity index (χ0) is 18.1. The Kier molecular flexibility index (Phi) is 4.65. The van der Waals surface area contributed by atoms with Crippen LogP contribution in [0.3, 0.4) is 0 Å². The number of morpholine rings is 1. The third kappa shape index (κ3) is 3.08. The number of rotatable bonds is 3. The Bertz CT molecular complexity index is 825. The number of ether oxygens (including phenoxy) is 2. The van der Waals surface area contributed by atoms with Crippen LogP contribution in [0.2, 0.25) is 0 Å². The molecule has 1 saturated heterocycles. The quantitative estimate of drug-likeness (QED) is 0.827. The van der Waals surface area contributed by atoms with Gasteiger partial charge in [-0.15, -0.1) is 0 Å². The zero-order valence-electron chi connectivity index (χ0n) is 14.9. The van der Waals surface area contributed by atoms with E-state index in [1.165, 1.54) is 7.11 Å². The Morgan fingerprint density at radius 3 is 2.81 bits per heavy atom. The van der Waals surface area contributed by atoms with Crippen molar-refractivity contribution in [3.63, 3.8) is 0 Å². The minimum atomic E-state index is -0.583. The molecule has 26 heavy (non-hydrogen) atoms. The van der Waals surface area contributed by atoms with Crippen molar-refractivity contribution in [3.8, 4) is 0 Å². The number of benzene rings is 1. The topological polar surface area (TPSA) is 74.9 Å². The van der Waals surface area contributed by atoms with Crippen LogP contribution in [-0.2, 0) is 32.0 Å². The standard InChI is InChI=1S/C19H23N3O4/c1-25-19(24)17-10-14-13-4-2-3-5-15(13)20-16(14)11-22(17)18(23)12-21-6-8-26-9-7-21/h2-5,17,20H,6-12H2,1H3/t17-/m0/s1. The van der Waals surface area contributed by atoms with Crippen LogP contribution in [0.15, 0.2) is 24.3 Å². The maximum atomic E-state index is 12.9. The molecule has 3 heterocycles. The van der Waals surface area contributed by atoms with E-state index in [0.717, 1.165) is 35.2 Å².